The lowest BCUT2D eigenvalue weighted by molar-refractivity contribution is -0.384. The fourth-order valence-corrected chi connectivity index (χ4v) is 3.74. The SMILES string of the molecule is CN(C)CCN(C(=O)Cc1ccc([N+](=O)[O-])cc1)c1nc2c(F)cc(F)cc2s1.Cl. The van der Waals surface area contributed by atoms with Gasteiger partial charge in [0.25, 0.3) is 5.69 Å². The minimum absolute atomic E-state index is 0. The van der Waals surface area contributed by atoms with Crippen LogP contribution in [0.5, 0.6) is 0 Å². The Morgan fingerprint density at radius 2 is 1.83 bits per heavy atom. The van der Waals surface area contributed by atoms with Crippen LogP contribution >= 0.6 is 23.7 Å². The quantitative estimate of drug-likeness (QED) is 0.396. The van der Waals surface area contributed by atoms with Gasteiger partial charge >= 0.3 is 0 Å². The van der Waals surface area contributed by atoms with Gasteiger partial charge in [-0.1, -0.05) is 23.5 Å². The average Bonchev–Trinajstić information content (AvgIpc) is 3.06. The van der Waals surface area contributed by atoms with E-state index in [0.29, 0.717) is 23.4 Å². The second-order valence-corrected chi connectivity index (χ2v) is 7.69. The molecule has 7 nitrogen and oxygen atoms in total. The second kappa shape index (κ2) is 9.88. The minimum atomic E-state index is -0.780. The van der Waals surface area contributed by atoms with E-state index in [1.807, 2.05) is 19.0 Å². The lowest BCUT2D eigenvalue weighted by Crippen LogP contribution is -2.37. The van der Waals surface area contributed by atoms with Crippen molar-refractivity contribution in [2.75, 3.05) is 32.1 Å². The standard InChI is InChI=1S/C19H18F2N4O3S.ClH/c1-23(2)7-8-24(17(26)9-12-3-5-14(6-4-12)25(27)28)19-22-18-15(21)10-13(20)11-16(18)29-19;/h3-6,10-11H,7-9H2,1-2H3;1H. The number of hydrogen-bond acceptors (Lipinski definition) is 6. The summed E-state index contributed by atoms with van der Waals surface area (Å²) >= 11 is 1.04. The van der Waals surface area contributed by atoms with Crippen LogP contribution in [0.25, 0.3) is 10.2 Å². The molecule has 2 aromatic carbocycles. The number of carbonyl (C=O) groups excluding carboxylic acids is 1. The summed E-state index contributed by atoms with van der Waals surface area (Å²) < 4.78 is 27.8. The summed E-state index contributed by atoms with van der Waals surface area (Å²) in [5.41, 5.74) is 0.563. The number of nitro benzene ring substituents is 1. The molecular weight excluding hydrogens is 438 g/mol. The van der Waals surface area contributed by atoms with Gasteiger partial charge in [0.1, 0.15) is 11.3 Å². The molecule has 0 bridgehead atoms. The number of anilines is 1. The summed E-state index contributed by atoms with van der Waals surface area (Å²) in [6.07, 6.45) is -0.00179. The third-order valence-corrected chi connectivity index (χ3v) is 5.23. The fraction of sp³-hybridized carbons (Fsp3) is 0.263. The lowest BCUT2D eigenvalue weighted by atomic mass is 10.1. The van der Waals surface area contributed by atoms with E-state index < -0.39 is 16.6 Å². The zero-order valence-corrected chi connectivity index (χ0v) is 17.8. The molecule has 0 aliphatic rings. The van der Waals surface area contributed by atoms with Gasteiger partial charge < -0.3 is 4.90 Å². The van der Waals surface area contributed by atoms with Crippen molar-refractivity contribution in [3.63, 3.8) is 0 Å². The van der Waals surface area contributed by atoms with Crippen LogP contribution in [0.4, 0.5) is 19.6 Å². The number of fused-ring (bicyclic) bond motifs is 1. The van der Waals surface area contributed by atoms with Crippen molar-refractivity contribution < 1.29 is 18.5 Å². The maximum atomic E-state index is 14.0. The fourth-order valence-electron chi connectivity index (χ4n) is 2.69. The zero-order chi connectivity index (χ0) is 21.1. The van der Waals surface area contributed by atoms with Crippen LogP contribution in [0.15, 0.2) is 36.4 Å². The normalized spacial score (nSPS) is 10.8. The summed E-state index contributed by atoms with van der Waals surface area (Å²) in [6.45, 7) is 0.849. The van der Waals surface area contributed by atoms with E-state index in [1.54, 1.807) is 0 Å². The number of likely N-dealkylation sites (N-methyl/N-ethyl adjacent to an activating group) is 1. The number of amides is 1. The number of non-ortho nitro benzene ring substituents is 1. The highest BCUT2D eigenvalue weighted by molar-refractivity contribution is 7.22. The summed E-state index contributed by atoms with van der Waals surface area (Å²) in [5.74, 6) is -1.78. The third kappa shape index (κ3) is 5.47. The molecule has 0 radical (unpaired) electrons. The number of aromatic nitrogens is 1. The van der Waals surface area contributed by atoms with E-state index in [-0.39, 0.29) is 41.1 Å². The van der Waals surface area contributed by atoms with Crippen molar-refractivity contribution in [2.45, 2.75) is 6.42 Å². The smallest absolute Gasteiger partial charge is 0.269 e. The summed E-state index contributed by atoms with van der Waals surface area (Å²) in [5, 5.41) is 11.1. The number of hydrogen-bond donors (Lipinski definition) is 0. The highest BCUT2D eigenvalue weighted by Crippen LogP contribution is 2.31. The molecule has 0 aliphatic heterocycles. The number of halogens is 3. The zero-order valence-electron chi connectivity index (χ0n) is 16.2. The number of nitro groups is 1. The van der Waals surface area contributed by atoms with Crippen LogP contribution < -0.4 is 4.90 Å². The number of thiazole rings is 1. The molecule has 1 amide bonds. The Labute approximate surface area is 181 Å². The van der Waals surface area contributed by atoms with Crippen LogP contribution in [-0.2, 0) is 11.2 Å². The van der Waals surface area contributed by atoms with E-state index in [1.165, 1.54) is 35.2 Å². The highest BCUT2D eigenvalue weighted by atomic mass is 35.5. The van der Waals surface area contributed by atoms with Crippen LogP contribution in [0.3, 0.4) is 0 Å². The predicted molar refractivity (Wildman–Crippen MR) is 114 cm³/mol. The van der Waals surface area contributed by atoms with Crippen LogP contribution in [0.2, 0.25) is 0 Å². The number of benzene rings is 2. The Morgan fingerprint density at radius 1 is 1.17 bits per heavy atom. The summed E-state index contributed by atoms with van der Waals surface area (Å²) in [4.78, 5) is 30.7. The van der Waals surface area contributed by atoms with E-state index in [9.17, 15) is 23.7 Å². The van der Waals surface area contributed by atoms with Crippen molar-refractivity contribution in [1.29, 1.82) is 0 Å². The molecule has 3 rings (SSSR count). The molecule has 0 saturated carbocycles. The van der Waals surface area contributed by atoms with Gasteiger partial charge in [-0.25, -0.2) is 13.8 Å². The van der Waals surface area contributed by atoms with E-state index in [0.717, 1.165) is 17.4 Å². The largest absolute Gasteiger partial charge is 0.308 e. The van der Waals surface area contributed by atoms with Gasteiger partial charge in [0.05, 0.1) is 16.0 Å². The summed E-state index contributed by atoms with van der Waals surface area (Å²) in [7, 11) is 3.71. The molecule has 0 spiro atoms. The molecule has 11 heteroatoms. The predicted octanol–water partition coefficient (Wildman–Crippen LogP) is 4.04. The van der Waals surface area contributed by atoms with Crippen molar-refractivity contribution in [2.24, 2.45) is 0 Å². The Morgan fingerprint density at radius 3 is 2.43 bits per heavy atom. The molecule has 30 heavy (non-hydrogen) atoms. The third-order valence-electron chi connectivity index (χ3n) is 4.21. The van der Waals surface area contributed by atoms with E-state index in [2.05, 4.69) is 4.98 Å². The lowest BCUT2D eigenvalue weighted by Gasteiger charge is -2.22. The van der Waals surface area contributed by atoms with Crippen molar-refractivity contribution in [3.05, 3.63) is 63.7 Å². The molecule has 0 N–H and O–H groups in total. The summed E-state index contributed by atoms with van der Waals surface area (Å²) in [6, 6.07) is 7.66. The van der Waals surface area contributed by atoms with E-state index in [4.69, 9.17) is 0 Å². The monoisotopic (exact) mass is 456 g/mol. The number of carbonyl (C=O) groups is 1. The van der Waals surface area contributed by atoms with Gasteiger partial charge in [-0.3, -0.25) is 19.8 Å². The minimum Gasteiger partial charge on any atom is -0.308 e. The van der Waals surface area contributed by atoms with Crippen LogP contribution in [-0.4, -0.2) is 47.9 Å². The second-order valence-electron chi connectivity index (χ2n) is 6.68. The number of nitrogens with zero attached hydrogens (tertiary/aromatic N) is 4. The first-order valence-electron chi connectivity index (χ1n) is 8.68. The van der Waals surface area contributed by atoms with Gasteiger partial charge in [-0.2, -0.15) is 0 Å². The topological polar surface area (TPSA) is 79.6 Å². The van der Waals surface area contributed by atoms with Crippen molar-refractivity contribution >= 4 is 50.7 Å². The highest BCUT2D eigenvalue weighted by Gasteiger charge is 2.22. The molecule has 160 valence electrons. The molecule has 0 saturated heterocycles. The molecule has 0 fully saturated rings. The Kier molecular flexibility index (Phi) is 7.77. The van der Waals surface area contributed by atoms with Gasteiger partial charge in [0.15, 0.2) is 10.9 Å². The molecule has 1 heterocycles. The van der Waals surface area contributed by atoms with Gasteiger partial charge in [0.2, 0.25) is 5.91 Å². The van der Waals surface area contributed by atoms with Gasteiger partial charge in [-0.15, -0.1) is 12.4 Å². The van der Waals surface area contributed by atoms with Crippen molar-refractivity contribution in [3.8, 4) is 0 Å². The average molecular weight is 457 g/mol. The molecule has 1 aromatic heterocycles. The first kappa shape index (κ1) is 23.6. The Bertz CT molecular complexity index is 1060. The Balaban J connectivity index is 0.00000320. The molecule has 0 atom stereocenters. The van der Waals surface area contributed by atoms with Crippen LogP contribution in [0, 0.1) is 21.7 Å². The molecule has 0 unspecified atom stereocenters. The molecular formula is C19H19ClF2N4O3S. The van der Waals surface area contributed by atoms with Crippen LogP contribution in [0.1, 0.15) is 5.56 Å². The molecule has 0 aliphatic carbocycles. The number of rotatable bonds is 7. The maximum absolute atomic E-state index is 14.0. The maximum Gasteiger partial charge on any atom is 0.269 e. The molecule has 3 aromatic rings. The van der Waals surface area contributed by atoms with E-state index >= 15 is 0 Å². The first-order chi connectivity index (χ1) is 13.7. The Hall–Kier alpha value is -2.69. The first-order valence-corrected chi connectivity index (χ1v) is 9.50. The van der Waals surface area contributed by atoms with Gasteiger partial charge in [-0.05, 0) is 25.7 Å². The van der Waals surface area contributed by atoms with Gasteiger partial charge in [0, 0.05) is 31.3 Å². The van der Waals surface area contributed by atoms with Crippen molar-refractivity contribution in [1.82, 2.24) is 9.88 Å².